The average Bonchev–Trinajstić information content (AvgIpc) is 3.10. The summed E-state index contributed by atoms with van der Waals surface area (Å²) in [6, 6.07) is 7.26. The van der Waals surface area contributed by atoms with Gasteiger partial charge in [0, 0.05) is 18.5 Å². The molecular weight excluding hydrogens is 286 g/mol. The fraction of sp³-hybridized carbons (Fsp3) is 0.333. The minimum absolute atomic E-state index is 0.0313. The number of thiazole rings is 1. The largest absolute Gasteiger partial charge is 0.508 e. The molecule has 3 rings (SSSR count). The van der Waals surface area contributed by atoms with E-state index < -0.39 is 0 Å². The molecule has 1 aliphatic heterocycles. The van der Waals surface area contributed by atoms with Crippen LogP contribution in [-0.2, 0) is 6.42 Å². The van der Waals surface area contributed by atoms with Crippen molar-refractivity contribution in [3.63, 3.8) is 0 Å². The minimum Gasteiger partial charge on any atom is -0.508 e. The molecule has 1 atom stereocenters. The van der Waals surface area contributed by atoms with Gasteiger partial charge in [-0.25, -0.2) is 4.98 Å². The first-order chi connectivity index (χ1) is 10.1. The molecule has 1 aromatic carbocycles. The van der Waals surface area contributed by atoms with E-state index in [-0.39, 0.29) is 11.7 Å². The molecule has 1 saturated heterocycles. The van der Waals surface area contributed by atoms with Crippen LogP contribution in [0.25, 0.3) is 0 Å². The number of rotatable bonds is 3. The van der Waals surface area contributed by atoms with E-state index in [1.54, 1.807) is 17.5 Å². The third kappa shape index (κ3) is 3.16. The van der Waals surface area contributed by atoms with Gasteiger partial charge in [0.2, 0.25) is 0 Å². The highest BCUT2D eigenvalue weighted by Crippen LogP contribution is 2.24. The second-order valence-electron chi connectivity index (χ2n) is 5.35. The van der Waals surface area contributed by atoms with Crippen molar-refractivity contribution in [3.8, 4) is 5.75 Å². The van der Waals surface area contributed by atoms with Gasteiger partial charge in [0.15, 0.2) is 5.13 Å². The number of benzene rings is 1. The van der Waals surface area contributed by atoms with E-state index in [9.17, 15) is 9.90 Å². The summed E-state index contributed by atoms with van der Waals surface area (Å²) in [6.07, 6.45) is 1.91. The van der Waals surface area contributed by atoms with Gasteiger partial charge in [0.05, 0.1) is 0 Å². The molecule has 5 nitrogen and oxygen atoms in total. The van der Waals surface area contributed by atoms with Gasteiger partial charge in [-0.15, -0.1) is 11.3 Å². The number of nitrogens with two attached hydrogens (primary N) is 1. The van der Waals surface area contributed by atoms with Crippen LogP contribution in [0.5, 0.6) is 5.75 Å². The maximum atomic E-state index is 12.3. The molecule has 2 heterocycles. The Morgan fingerprint density at radius 3 is 2.86 bits per heavy atom. The van der Waals surface area contributed by atoms with Crippen molar-refractivity contribution in [3.05, 3.63) is 40.9 Å². The number of nitrogens with zero attached hydrogens (tertiary/aromatic N) is 2. The molecule has 1 aliphatic rings. The topological polar surface area (TPSA) is 79.5 Å². The van der Waals surface area contributed by atoms with Crippen LogP contribution < -0.4 is 5.73 Å². The molecule has 1 fully saturated rings. The zero-order chi connectivity index (χ0) is 14.8. The second-order valence-corrected chi connectivity index (χ2v) is 6.24. The Morgan fingerprint density at radius 2 is 2.19 bits per heavy atom. The quantitative estimate of drug-likeness (QED) is 0.910. The first-order valence-electron chi connectivity index (χ1n) is 6.90. The van der Waals surface area contributed by atoms with E-state index in [0.29, 0.717) is 16.7 Å². The van der Waals surface area contributed by atoms with Gasteiger partial charge in [-0.3, -0.25) is 4.79 Å². The summed E-state index contributed by atoms with van der Waals surface area (Å²) in [5, 5.41) is 11.4. The van der Waals surface area contributed by atoms with Crippen molar-refractivity contribution in [2.75, 3.05) is 18.8 Å². The van der Waals surface area contributed by atoms with Gasteiger partial charge in [-0.2, -0.15) is 0 Å². The van der Waals surface area contributed by atoms with Gasteiger partial charge in [0.25, 0.3) is 5.91 Å². The lowest BCUT2D eigenvalue weighted by atomic mass is 9.99. The van der Waals surface area contributed by atoms with Crippen LogP contribution in [0.1, 0.15) is 22.5 Å². The van der Waals surface area contributed by atoms with Crippen LogP contribution in [0.2, 0.25) is 0 Å². The number of carbonyl (C=O) groups excluding carboxylic acids is 1. The Kier molecular flexibility index (Phi) is 3.79. The molecule has 2 aromatic rings. The average molecular weight is 303 g/mol. The monoisotopic (exact) mass is 303 g/mol. The summed E-state index contributed by atoms with van der Waals surface area (Å²) in [7, 11) is 0. The Labute approximate surface area is 127 Å². The standard InChI is InChI=1S/C15H17N3O2S/c16-15-17-13(9-21-15)14(20)18-6-5-11(8-18)7-10-1-3-12(19)4-2-10/h1-4,9,11,19H,5-8H2,(H2,16,17). The number of nitrogen functional groups attached to an aromatic ring is 1. The second kappa shape index (κ2) is 5.73. The third-order valence-electron chi connectivity index (χ3n) is 3.77. The lowest BCUT2D eigenvalue weighted by Crippen LogP contribution is -2.29. The highest BCUT2D eigenvalue weighted by atomic mass is 32.1. The van der Waals surface area contributed by atoms with Crippen LogP contribution in [0.3, 0.4) is 0 Å². The van der Waals surface area contributed by atoms with Crippen LogP contribution >= 0.6 is 11.3 Å². The van der Waals surface area contributed by atoms with E-state index in [1.807, 2.05) is 17.0 Å². The number of phenols is 1. The zero-order valence-electron chi connectivity index (χ0n) is 11.5. The Bertz CT molecular complexity index is 639. The number of hydrogen-bond donors (Lipinski definition) is 2. The van der Waals surface area contributed by atoms with Crippen LogP contribution in [0.15, 0.2) is 29.6 Å². The number of aromatic hydroxyl groups is 1. The predicted octanol–water partition coefficient (Wildman–Crippen LogP) is 2.14. The van der Waals surface area contributed by atoms with E-state index in [4.69, 9.17) is 5.73 Å². The maximum absolute atomic E-state index is 12.3. The Hall–Kier alpha value is -2.08. The van der Waals surface area contributed by atoms with Crippen LogP contribution in [0, 0.1) is 5.92 Å². The minimum atomic E-state index is -0.0313. The van der Waals surface area contributed by atoms with E-state index >= 15 is 0 Å². The lowest BCUT2D eigenvalue weighted by Gasteiger charge is -2.15. The molecule has 0 radical (unpaired) electrons. The molecule has 1 aromatic heterocycles. The number of aromatic nitrogens is 1. The number of amides is 1. The van der Waals surface area contributed by atoms with Crippen LogP contribution in [0.4, 0.5) is 5.13 Å². The number of likely N-dealkylation sites (tertiary alicyclic amines) is 1. The van der Waals surface area contributed by atoms with Gasteiger partial charge in [-0.1, -0.05) is 12.1 Å². The smallest absolute Gasteiger partial charge is 0.273 e. The van der Waals surface area contributed by atoms with Gasteiger partial charge in [-0.05, 0) is 36.5 Å². The van der Waals surface area contributed by atoms with Crippen molar-refractivity contribution >= 4 is 22.4 Å². The molecule has 110 valence electrons. The van der Waals surface area contributed by atoms with Gasteiger partial charge >= 0.3 is 0 Å². The summed E-state index contributed by atoms with van der Waals surface area (Å²) in [5.41, 5.74) is 7.21. The maximum Gasteiger partial charge on any atom is 0.273 e. The number of anilines is 1. The zero-order valence-corrected chi connectivity index (χ0v) is 12.3. The molecule has 21 heavy (non-hydrogen) atoms. The Morgan fingerprint density at radius 1 is 1.43 bits per heavy atom. The van der Waals surface area contributed by atoms with E-state index in [1.165, 1.54) is 16.9 Å². The molecule has 3 N–H and O–H groups in total. The number of hydrogen-bond acceptors (Lipinski definition) is 5. The van der Waals surface area contributed by atoms with Gasteiger partial charge in [0.1, 0.15) is 11.4 Å². The van der Waals surface area contributed by atoms with Gasteiger partial charge < -0.3 is 15.7 Å². The molecule has 0 saturated carbocycles. The fourth-order valence-corrected chi connectivity index (χ4v) is 3.23. The van der Waals surface area contributed by atoms with Crippen molar-refractivity contribution < 1.29 is 9.90 Å². The predicted molar refractivity (Wildman–Crippen MR) is 82.3 cm³/mol. The summed E-state index contributed by atoms with van der Waals surface area (Å²) in [4.78, 5) is 18.2. The molecule has 1 amide bonds. The lowest BCUT2D eigenvalue weighted by molar-refractivity contribution is 0.0782. The molecule has 1 unspecified atom stereocenters. The Balaban J connectivity index is 1.60. The SMILES string of the molecule is Nc1nc(C(=O)N2CCC(Cc3ccc(O)cc3)C2)cs1. The summed E-state index contributed by atoms with van der Waals surface area (Å²) >= 11 is 1.29. The molecule has 0 spiro atoms. The van der Waals surface area contributed by atoms with Crippen molar-refractivity contribution in [1.82, 2.24) is 9.88 Å². The van der Waals surface area contributed by atoms with Crippen molar-refractivity contribution in [2.24, 2.45) is 5.92 Å². The number of carbonyl (C=O) groups is 1. The van der Waals surface area contributed by atoms with Crippen molar-refractivity contribution in [2.45, 2.75) is 12.8 Å². The summed E-state index contributed by atoms with van der Waals surface area (Å²) < 4.78 is 0. The fourth-order valence-electron chi connectivity index (χ4n) is 2.70. The summed E-state index contributed by atoms with van der Waals surface area (Å²) in [5.74, 6) is 0.703. The van der Waals surface area contributed by atoms with E-state index in [2.05, 4.69) is 4.98 Å². The molecular formula is C15H17N3O2S. The molecule has 0 aliphatic carbocycles. The van der Waals surface area contributed by atoms with E-state index in [0.717, 1.165) is 25.9 Å². The first kappa shape index (κ1) is 13.9. The first-order valence-corrected chi connectivity index (χ1v) is 7.78. The summed E-state index contributed by atoms with van der Waals surface area (Å²) in [6.45, 7) is 1.51. The highest BCUT2D eigenvalue weighted by Gasteiger charge is 2.28. The normalized spacial score (nSPS) is 18.1. The molecule has 6 heteroatoms. The third-order valence-corrected chi connectivity index (χ3v) is 4.45. The highest BCUT2D eigenvalue weighted by molar-refractivity contribution is 7.13. The molecule has 0 bridgehead atoms. The number of phenolic OH excluding ortho intramolecular Hbond substituents is 1. The van der Waals surface area contributed by atoms with Crippen molar-refractivity contribution in [1.29, 1.82) is 0 Å². The van der Waals surface area contributed by atoms with Crippen LogP contribution in [-0.4, -0.2) is 34.0 Å².